The van der Waals surface area contributed by atoms with Crippen molar-refractivity contribution in [2.24, 2.45) is 22.9 Å². The molecule has 0 amide bonds. The Hall–Kier alpha value is -3.37. The molecule has 2 aliphatic carbocycles. The minimum atomic E-state index is -0.431. The Morgan fingerprint density at radius 2 is 2.00 bits per heavy atom. The van der Waals surface area contributed by atoms with Crippen LogP contribution in [0, 0.1) is 24.7 Å². The molecule has 0 saturated heterocycles. The molecule has 0 aliphatic heterocycles. The molecular weight excluding hydrogens is 453 g/mol. The van der Waals surface area contributed by atoms with Gasteiger partial charge in [0, 0.05) is 23.5 Å². The number of pyridine rings is 1. The highest BCUT2D eigenvalue weighted by Crippen LogP contribution is 2.42. The lowest BCUT2D eigenvalue weighted by Gasteiger charge is -2.35. The summed E-state index contributed by atoms with van der Waals surface area (Å²) in [6.45, 7) is 1.50. The predicted molar refractivity (Wildman–Crippen MR) is 128 cm³/mol. The van der Waals surface area contributed by atoms with Crippen LogP contribution >= 0.6 is 0 Å². The Bertz CT molecular complexity index is 1150. The lowest BCUT2D eigenvalue weighted by molar-refractivity contribution is 0.0479. The van der Waals surface area contributed by atoms with E-state index in [-0.39, 0.29) is 49.3 Å². The van der Waals surface area contributed by atoms with Gasteiger partial charge in [-0.2, -0.15) is 0 Å². The van der Waals surface area contributed by atoms with Gasteiger partial charge in [0.05, 0.1) is 43.1 Å². The Morgan fingerprint density at radius 1 is 1.20 bits per heavy atom. The number of methoxy groups -OCH3 is 1. The van der Waals surface area contributed by atoms with Gasteiger partial charge in [-0.1, -0.05) is 17.3 Å². The van der Waals surface area contributed by atoms with Crippen LogP contribution in [-0.2, 0) is 11.3 Å². The summed E-state index contributed by atoms with van der Waals surface area (Å²) < 4.78 is 19.6. The van der Waals surface area contributed by atoms with Gasteiger partial charge in [0.15, 0.2) is 0 Å². The van der Waals surface area contributed by atoms with Gasteiger partial charge in [0.25, 0.3) is 0 Å². The van der Waals surface area contributed by atoms with Crippen molar-refractivity contribution >= 4 is 11.7 Å². The van der Waals surface area contributed by atoms with Gasteiger partial charge in [-0.3, -0.25) is 0 Å². The van der Waals surface area contributed by atoms with Gasteiger partial charge in [-0.25, -0.2) is 19.3 Å². The van der Waals surface area contributed by atoms with Crippen molar-refractivity contribution in [2.45, 2.75) is 25.7 Å². The summed E-state index contributed by atoms with van der Waals surface area (Å²) >= 11 is 0. The number of ether oxygens (including phenoxy) is 1. The van der Waals surface area contributed by atoms with Crippen LogP contribution in [-0.4, -0.2) is 57.8 Å². The summed E-state index contributed by atoms with van der Waals surface area (Å²) in [5.74, 6) is -0.496. The molecule has 0 fully saturated rings. The third kappa shape index (κ3) is 5.49. The lowest BCUT2D eigenvalue weighted by atomic mass is 9.70. The highest BCUT2D eigenvalue weighted by atomic mass is 19.1. The topological polar surface area (TPSA) is 136 Å². The number of hydrogen-bond donors (Lipinski definition) is 3. The molecule has 0 saturated carbocycles. The number of hydrogen-bond acceptors (Lipinski definition) is 9. The first-order chi connectivity index (χ1) is 16.9. The standard InChI is InChI=1S/C25H30FN5O4/c1-14-24-21(30-25(27)28-14)8-16(9-22(24)31-35-13-15(11-32)12-33)18-7-6-17(26)10-19(18)20-4-3-5-23(29-20)34-2/h3-7,10,15-16,18-19,32-33H,8-9,11-13H2,1-2H3,(H2,27,28,30)/b31-22+/t16-,18?,19?/m1/s1. The van der Waals surface area contributed by atoms with Crippen LogP contribution in [0.25, 0.3) is 0 Å². The van der Waals surface area contributed by atoms with E-state index >= 15 is 0 Å². The number of nitrogens with two attached hydrogens (primary N) is 1. The fourth-order valence-electron chi connectivity index (χ4n) is 4.71. The van der Waals surface area contributed by atoms with Crippen LogP contribution in [0.1, 0.15) is 35.0 Å². The average Bonchev–Trinajstić information content (AvgIpc) is 2.86. The molecule has 0 spiro atoms. The smallest absolute Gasteiger partial charge is 0.220 e. The van der Waals surface area contributed by atoms with Crippen LogP contribution in [0.2, 0.25) is 0 Å². The minimum Gasteiger partial charge on any atom is -0.481 e. The van der Waals surface area contributed by atoms with Gasteiger partial charge >= 0.3 is 0 Å². The van der Waals surface area contributed by atoms with Gasteiger partial charge in [-0.05, 0) is 49.8 Å². The van der Waals surface area contributed by atoms with Crippen molar-refractivity contribution in [3.05, 3.63) is 64.9 Å². The van der Waals surface area contributed by atoms with E-state index in [0.29, 0.717) is 35.8 Å². The molecule has 2 aliphatic rings. The van der Waals surface area contributed by atoms with E-state index in [1.54, 1.807) is 19.3 Å². The monoisotopic (exact) mass is 483 g/mol. The number of oxime groups is 1. The SMILES string of the molecule is COc1cccc(C2C=C(F)C=CC2[C@H]2C/C(=N\OCC(CO)CO)c3c(C)nc(N)nc3C2)n1. The number of nitrogens with zero attached hydrogens (tertiary/aromatic N) is 4. The molecule has 186 valence electrons. The first-order valence-electron chi connectivity index (χ1n) is 11.5. The van der Waals surface area contributed by atoms with E-state index in [1.165, 1.54) is 6.08 Å². The quantitative estimate of drug-likeness (QED) is 0.487. The number of aryl methyl sites for hydroxylation is 1. The number of anilines is 1. The number of halogens is 1. The maximum atomic E-state index is 14.4. The third-order valence-electron chi connectivity index (χ3n) is 6.45. The number of allylic oxidation sites excluding steroid dienone is 4. The first-order valence-corrected chi connectivity index (χ1v) is 11.5. The third-order valence-corrected chi connectivity index (χ3v) is 6.45. The van der Waals surface area contributed by atoms with E-state index in [2.05, 4.69) is 20.1 Å². The normalized spacial score (nSPS) is 22.7. The summed E-state index contributed by atoms with van der Waals surface area (Å²) in [6.07, 6.45) is 6.08. The molecule has 2 aromatic heterocycles. The van der Waals surface area contributed by atoms with Crippen LogP contribution in [0.5, 0.6) is 5.88 Å². The molecule has 2 heterocycles. The van der Waals surface area contributed by atoms with Gasteiger partial charge in [0.2, 0.25) is 11.8 Å². The van der Waals surface area contributed by atoms with Crippen molar-refractivity contribution < 1.29 is 24.2 Å². The van der Waals surface area contributed by atoms with Crippen LogP contribution in [0.4, 0.5) is 10.3 Å². The zero-order valence-electron chi connectivity index (χ0n) is 19.8. The predicted octanol–water partition coefficient (Wildman–Crippen LogP) is 2.48. The number of aliphatic hydroxyl groups excluding tert-OH is 2. The fraction of sp³-hybridized carbons (Fsp3) is 0.440. The highest BCUT2D eigenvalue weighted by Gasteiger charge is 2.37. The molecule has 0 bridgehead atoms. The second kappa shape index (κ2) is 10.9. The van der Waals surface area contributed by atoms with E-state index in [9.17, 15) is 14.6 Å². The largest absolute Gasteiger partial charge is 0.481 e. The number of aliphatic hydroxyl groups is 2. The molecule has 4 rings (SSSR count). The maximum Gasteiger partial charge on any atom is 0.220 e. The van der Waals surface area contributed by atoms with Gasteiger partial charge in [-0.15, -0.1) is 0 Å². The molecule has 4 N–H and O–H groups in total. The van der Waals surface area contributed by atoms with Gasteiger partial charge < -0.3 is 25.5 Å². The maximum absolute atomic E-state index is 14.4. The average molecular weight is 484 g/mol. The van der Waals surface area contributed by atoms with Crippen molar-refractivity contribution in [1.82, 2.24) is 15.0 Å². The van der Waals surface area contributed by atoms with Crippen LogP contribution in [0.3, 0.4) is 0 Å². The summed E-state index contributed by atoms with van der Waals surface area (Å²) in [5.41, 5.74) is 9.57. The van der Waals surface area contributed by atoms with Crippen LogP contribution < -0.4 is 10.5 Å². The summed E-state index contributed by atoms with van der Waals surface area (Å²) in [4.78, 5) is 18.9. The molecule has 9 nitrogen and oxygen atoms in total. The summed E-state index contributed by atoms with van der Waals surface area (Å²) in [5, 5.41) is 23.0. The number of rotatable bonds is 8. The lowest BCUT2D eigenvalue weighted by Crippen LogP contribution is -2.32. The molecule has 2 unspecified atom stereocenters. The number of aromatic nitrogens is 3. The van der Waals surface area contributed by atoms with Crippen LogP contribution in [0.15, 0.2) is 47.4 Å². The molecule has 0 aromatic carbocycles. The second-order valence-corrected chi connectivity index (χ2v) is 8.84. The molecule has 3 atom stereocenters. The van der Waals surface area contributed by atoms with E-state index in [1.807, 2.05) is 25.1 Å². The molecule has 35 heavy (non-hydrogen) atoms. The summed E-state index contributed by atoms with van der Waals surface area (Å²) in [6, 6.07) is 5.46. The first kappa shape index (κ1) is 24.7. The zero-order valence-corrected chi connectivity index (χ0v) is 19.8. The van der Waals surface area contributed by atoms with Crippen molar-refractivity contribution in [3.8, 4) is 5.88 Å². The molecule has 0 radical (unpaired) electrons. The van der Waals surface area contributed by atoms with E-state index < -0.39 is 5.92 Å². The van der Waals surface area contributed by atoms with Crippen molar-refractivity contribution in [1.29, 1.82) is 0 Å². The Kier molecular flexibility index (Phi) is 7.72. The second-order valence-electron chi connectivity index (χ2n) is 8.84. The molecule has 2 aromatic rings. The fourth-order valence-corrected chi connectivity index (χ4v) is 4.71. The molecule has 10 heteroatoms. The summed E-state index contributed by atoms with van der Waals surface area (Å²) in [7, 11) is 1.55. The minimum absolute atomic E-state index is 0.00336. The number of nitrogen functional groups attached to an aromatic ring is 1. The Balaban J connectivity index is 1.68. The van der Waals surface area contributed by atoms with E-state index in [4.69, 9.17) is 15.3 Å². The van der Waals surface area contributed by atoms with Crippen molar-refractivity contribution in [3.63, 3.8) is 0 Å². The van der Waals surface area contributed by atoms with E-state index in [0.717, 1.165) is 11.3 Å². The Morgan fingerprint density at radius 3 is 2.74 bits per heavy atom. The number of fused-ring (bicyclic) bond motifs is 1. The molecular formula is C25H30FN5O4. The Labute approximate surface area is 203 Å². The zero-order chi connectivity index (χ0) is 24.9. The van der Waals surface area contributed by atoms with Gasteiger partial charge in [0.1, 0.15) is 12.4 Å². The van der Waals surface area contributed by atoms with Crippen molar-refractivity contribution in [2.75, 3.05) is 32.7 Å². The highest BCUT2D eigenvalue weighted by molar-refractivity contribution is 6.03.